The lowest BCUT2D eigenvalue weighted by molar-refractivity contribution is -0.276. The van der Waals surface area contributed by atoms with E-state index < -0.39 is 55.7 Å². The summed E-state index contributed by atoms with van der Waals surface area (Å²) in [7, 11) is 0. The molecule has 1 saturated heterocycles. The Hall–Kier alpha value is -1.85. The number of esters is 1. The number of ether oxygens (including phenoxy) is 4. The van der Waals surface area contributed by atoms with Crippen LogP contribution in [0.25, 0.3) is 0 Å². The summed E-state index contributed by atoms with van der Waals surface area (Å²) in [5.41, 5.74) is 0. The molecule has 0 aliphatic carbocycles. The highest BCUT2D eigenvalue weighted by molar-refractivity contribution is 5.98. The van der Waals surface area contributed by atoms with Gasteiger partial charge in [-0.1, -0.05) is 136 Å². The average molecular weight is 670 g/mol. The Morgan fingerprint density at radius 3 is 1.85 bits per heavy atom. The molecule has 0 spiro atoms. The molecule has 0 unspecified atom stereocenters. The van der Waals surface area contributed by atoms with Crippen LogP contribution in [0.2, 0.25) is 0 Å². The van der Waals surface area contributed by atoms with E-state index in [-0.39, 0.29) is 18.8 Å². The molecule has 0 saturated carbocycles. The molecule has 0 aromatic heterocycles. The lowest BCUT2D eigenvalue weighted by atomic mass is 9.96. The largest absolute Gasteiger partial charge is 0.460 e. The van der Waals surface area contributed by atoms with Crippen LogP contribution < -0.4 is 5.32 Å². The van der Waals surface area contributed by atoms with Gasteiger partial charge in [-0.2, -0.15) is 0 Å². The SMILES string of the molecule is C=CCOC(=O)CO[C@H]1O[C@H](CO)[C@@H](O)[C@H](OCCCCCCCCCCCC)[C@H]1NC(=O)CC(=O)CCCCCCCCCCC. The first-order chi connectivity index (χ1) is 22.9. The molecule has 5 atom stereocenters. The molecule has 10 heteroatoms. The zero-order valence-electron chi connectivity index (χ0n) is 29.6. The second-order valence-electron chi connectivity index (χ2n) is 12.9. The van der Waals surface area contributed by atoms with E-state index in [4.69, 9.17) is 18.9 Å². The summed E-state index contributed by atoms with van der Waals surface area (Å²) in [5.74, 6) is -1.36. The minimum Gasteiger partial charge on any atom is -0.460 e. The Balaban J connectivity index is 2.68. The number of carbonyl (C=O) groups is 3. The monoisotopic (exact) mass is 669 g/mol. The van der Waals surface area contributed by atoms with E-state index in [9.17, 15) is 24.6 Å². The van der Waals surface area contributed by atoms with Crippen molar-refractivity contribution in [2.45, 2.75) is 179 Å². The van der Waals surface area contributed by atoms with Gasteiger partial charge in [-0.3, -0.25) is 9.59 Å². The van der Waals surface area contributed by atoms with Crippen molar-refractivity contribution < 1.29 is 43.5 Å². The highest BCUT2D eigenvalue weighted by Gasteiger charge is 2.47. The molecule has 0 aromatic carbocycles. The first kappa shape index (κ1) is 43.2. The third kappa shape index (κ3) is 21.0. The van der Waals surface area contributed by atoms with Crippen molar-refractivity contribution in [2.75, 3.05) is 26.4 Å². The third-order valence-electron chi connectivity index (χ3n) is 8.63. The van der Waals surface area contributed by atoms with Crippen molar-refractivity contribution in [1.82, 2.24) is 5.32 Å². The number of nitrogens with one attached hydrogen (secondary N) is 1. The molecular formula is C37H67NO9. The summed E-state index contributed by atoms with van der Waals surface area (Å²) in [6.07, 6.45) is 18.8. The number of ketones is 1. The van der Waals surface area contributed by atoms with Crippen LogP contribution in [0.1, 0.15) is 149 Å². The van der Waals surface area contributed by atoms with Crippen LogP contribution in [0.3, 0.4) is 0 Å². The molecule has 0 bridgehead atoms. The highest BCUT2D eigenvalue weighted by Crippen LogP contribution is 2.25. The number of hydrogen-bond acceptors (Lipinski definition) is 9. The van der Waals surface area contributed by atoms with E-state index in [1.165, 1.54) is 89.5 Å². The molecule has 1 rings (SSSR count). The summed E-state index contributed by atoms with van der Waals surface area (Å²) in [6.45, 7) is 7.28. The molecule has 3 N–H and O–H groups in total. The lowest BCUT2D eigenvalue weighted by Gasteiger charge is -2.44. The van der Waals surface area contributed by atoms with E-state index in [1.807, 2.05) is 0 Å². The number of aliphatic hydroxyl groups excluding tert-OH is 2. The number of amides is 1. The summed E-state index contributed by atoms with van der Waals surface area (Å²) in [4.78, 5) is 37.8. The molecule has 10 nitrogen and oxygen atoms in total. The Bertz CT molecular complexity index is 824. The van der Waals surface area contributed by atoms with Crippen molar-refractivity contribution >= 4 is 17.7 Å². The van der Waals surface area contributed by atoms with E-state index in [0.29, 0.717) is 13.0 Å². The van der Waals surface area contributed by atoms with Crippen molar-refractivity contribution in [3.63, 3.8) is 0 Å². The van der Waals surface area contributed by atoms with Gasteiger partial charge < -0.3 is 34.5 Å². The number of Topliss-reactive ketones (excluding diaryl/α,β-unsaturated/α-hetero) is 1. The summed E-state index contributed by atoms with van der Waals surface area (Å²) < 4.78 is 22.5. The minimum absolute atomic E-state index is 0.0114. The molecule has 0 aromatic rings. The number of aliphatic hydroxyl groups is 2. The predicted octanol–water partition coefficient (Wildman–Crippen LogP) is 6.48. The van der Waals surface area contributed by atoms with Crippen LogP contribution in [-0.4, -0.2) is 84.9 Å². The van der Waals surface area contributed by atoms with Crippen molar-refractivity contribution in [3.05, 3.63) is 12.7 Å². The Kier molecular flexibility index (Phi) is 26.7. The van der Waals surface area contributed by atoms with Gasteiger partial charge in [-0.15, -0.1) is 0 Å². The second-order valence-corrected chi connectivity index (χ2v) is 12.9. The first-order valence-corrected chi connectivity index (χ1v) is 18.6. The van der Waals surface area contributed by atoms with E-state index in [0.717, 1.165) is 38.5 Å². The molecule has 47 heavy (non-hydrogen) atoms. The van der Waals surface area contributed by atoms with E-state index in [1.54, 1.807) is 0 Å². The van der Waals surface area contributed by atoms with Crippen molar-refractivity contribution in [1.29, 1.82) is 0 Å². The number of hydrogen-bond donors (Lipinski definition) is 3. The number of rotatable bonds is 31. The van der Waals surface area contributed by atoms with Gasteiger partial charge in [0.25, 0.3) is 0 Å². The van der Waals surface area contributed by atoms with Crippen molar-refractivity contribution in [2.24, 2.45) is 0 Å². The second kappa shape index (κ2) is 29.1. The topological polar surface area (TPSA) is 141 Å². The fraction of sp³-hybridized carbons (Fsp3) is 0.865. The Morgan fingerprint density at radius 2 is 1.32 bits per heavy atom. The fourth-order valence-electron chi connectivity index (χ4n) is 5.85. The molecule has 274 valence electrons. The molecular weight excluding hydrogens is 602 g/mol. The molecule has 1 aliphatic heterocycles. The maximum atomic E-state index is 13.0. The van der Waals surface area contributed by atoms with Gasteiger partial charge >= 0.3 is 5.97 Å². The lowest BCUT2D eigenvalue weighted by Crippen LogP contribution is -2.65. The summed E-state index contributed by atoms with van der Waals surface area (Å²) >= 11 is 0. The van der Waals surface area contributed by atoms with E-state index >= 15 is 0 Å². The van der Waals surface area contributed by atoms with Gasteiger partial charge in [0.05, 0.1) is 13.0 Å². The van der Waals surface area contributed by atoms with E-state index in [2.05, 4.69) is 25.7 Å². The minimum atomic E-state index is -1.27. The van der Waals surface area contributed by atoms with Gasteiger partial charge in [-0.25, -0.2) is 4.79 Å². The average Bonchev–Trinajstić information content (AvgIpc) is 3.06. The zero-order chi connectivity index (χ0) is 34.5. The highest BCUT2D eigenvalue weighted by atomic mass is 16.7. The maximum absolute atomic E-state index is 13.0. The normalized spacial score (nSPS) is 21.0. The van der Waals surface area contributed by atoms with Gasteiger partial charge in [0.15, 0.2) is 6.29 Å². The van der Waals surface area contributed by atoms with Gasteiger partial charge in [0.2, 0.25) is 5.91 Å². The predicted molar refractivity (Wildman–Crippen MR) is 184 cm³/mol. The van der Waals surface area contributed by atoms with Crippen LogP contribution in [0, 0.1) is 0 Å². The standard InChI is InChI=1S/C37H67NO9/c1-4-7-9-11-13-15-17-19-21-23-26-45-36-34(37(47-31(28-39)35(36)43)46-29-33(42)44-25-6-3)38-32(41)27-30(40)24-22-20-18-16-14-12-10-8-5-2/h6,31,34-37,39,43H,3-5,7-29H2,1-2H3,(H,38,41)/t31-,34-,35-,36-,37+/m1/s1. The first-order valence-electron chi connectivity index (χ1n) is 18.6. The Labute approximate surface area is 284 Å². The summed E-state index contributed by atoms with van der Waals surface area (Å²) in [5, 5.41) is 23.7. The molecule has 1 aliphatic rings. The zero-order valence-corrected chi connectivity index (χ0v) is 29.6. The number of carbonyl (C=O) groups excluding carboxylic acids is 3. The van der Waals surface area contributed by atoms with Crippen LogP contribution in [0.5, 0.6) is 0 Å². The maximum Gasteiger partial charge on any atom is 0.332 e. The quantitative estimate of drug-likeness (QED) is 0.0327. The number of unbranched alkanes of at least 4 members (excludes halogenated alkanes) is 17. The van der Waals surface area contributed by atoms with Crippen LogP contribution >= 0.6 is 0 Å². The molecule has 1 heterocycles. The van der Waals surface area contributed by atoms with Gasteiger partial charge in [-0.05, 0) is 12.8 Å². The van der Waals surface area contributed by atoms with Crippen LogP contribution in [0.15, 0.2) is 12.7 Å². The summed E-state index contributed by atoms with van der Waals surface area (Å²) in [6, 6.07) is -1.02. The molecule has 1 amide bonds. The molecule has 0 radical (unpaired) electrons. The third-order valence-corrected chi connectivity index (χ3v) is 8.63. The van der Waals surface area contributed by atoms with Crippen LogP contribution in [-0.2, 0) is 33.3 Å². The van der Waals surface area contributed by atoms with Gasteiger partial charge in [0, 0.05) is 13.0 Å². The van der Waals surface area contributed by atoms with Crippen LogP contribution in [0.4, 0.5) is 0 Å². The van der Waals surface area contributed by atoms with Crippen molar-refractivity contribution in [3.8, 4) is 0 Å². The molecule has 1 fully saturated rings. The smallest absolute Gasteiger partial charge is 0.332 e. The van der Waals surface area contributed by atoms with Gasteiger partial charge in [0.1, 0.15) is 43.4 Å². The fourth-order valence-corrected chi connectivity index (χ4v) is 5.85. The Morgan fingerprint density at radius 1 is 0.787 bits per heavy atom.